The number of hydrogen-bond acceptors (Lipinski definition) is 2. The Bertz CT molecular complexity index is 422. The van der Waals surface area contributed by atoms with E-state index in [1.807, 2.05) is 0 Å². The minimum atomic E-state index is -1.01. The molecule has 4 aliphatic rings. The van der Waals surface area contributed by atoms with Crippen LogP contribution in [0.3, 0.4) is 0 Å². The second-order valence-electron chi connectivity index (χ2n) is 6.47. The van der Waals surface area contributed by atoms with Gasteiger partial charge in [-0.25, -0.2) is 0 Å². The summed E-state index contributed by atoms with van der Waals surface area (Å²) >= 11 is 0. The SMILES string of the molecule is C=C1C[C@@]23CCCC[C@@]24CC[C@](O)(C4=O)[C@@H]13. The van der Waals surface area contributed by atoms with Gasteiger partial charge in [0.2, 0.25) is 0 Å². The quantitative estimate of drug-likeness (QED) is 0.633. The highest BCUT2D eigenvalue weighted by atomic mass is 16.3. The van der Waals surface area contributed by atoms with E-state index >= 15 is 0 Å². The van der Waals surface area contributed by atoms with Crippen molar-refractivity contribution < 1.29 is 9.90 Å². The molecule has 86 valence electrons. The van der Waals surface area contributed by atoms with Gasteiger partial charge >= 0.3 is 0 Å². The summed E-state index contributed by atoms with van der Waals surface area (Å²) in [5.41, 5.74) is 0.108. The lowest BCUT2D eigenvalue weighted by molar-refractivity contribution is -0.137. The summed E-state index contributed by atoms with van der Waals surface area (Å²) in [6, 6.07) is 0. The predicted molar refractivity (Wildman–Crippen MR) is 59.8 cm³/mol. The highest BCUT2D eigenvalue weighted by Crippen LogP contribution is 2.80. The summed E-state index contributed by atoms with van der Waals surface area (Å²) < 4.78 is 0. The van der Waals surface area contributed by atoms with E-state index in [9.17, 15) is 9.90 Å². The molecule has 0 aromatic carbocycles. The van der Waals surface area contributed by atoms with Crippen molar-refractivity contribution in [3.8, 4) is 0 Å². The van der Waals surface area contributed by atoms with Gasteiger partial charge < -0.3 is 5.11 Å². The van der Waals surface area contributed by atoms with E-state index in [2.05, 4.69) is 6.58 Å². The van der Waals surface area contributed by atoms with Crippen molar-refractivity contribution >= 4 is 5.78 Å². The number of Topliss-reactive ketones (excluding diaryl/α,β-unsaturated/α-hetero) is 1. The highest BCUT2D eigenvalue weighted by Gasteiger charge is 2.82. The molecule has 4 atom stereocenters. The summed E-state index contributed by atoms with van der Waals surface area (Å²) in [7, 11) is 0. The summed E-state index contributed by atoms with van der Waals surface area (Å²) in [6.45, 7) is 4.07. The van der Waals surface area contributed by atoms with E-state index < -0.39 is 5.60 Å². The Morgan fingerprint density at radius 2 is 1.94 bits per heavy atom. The molecule has 0 amide bonds. The van der Waals surface area contributed by atoms with Crippen LogP contribution in [0.1, 0.15) is 44.9 Å². The molecule has 4 aliphatic carbocycles. The van der Waals surface area contributed by atoms with Crippen LogP contribution in [-0.4, -0.2) is 16.5 Å². The van der Waals surface area contributed by atoms with Crippen LogP contribution < -0.4 is 0 Å². The Hall–Kier alpha value is -0.630. The first-order valence-corrected chi connectivity index (χ1v) is 6.52. The first-order chi connectivity index (χ1) is 7.57. The van der Waals surface area contributed by atoms with Crippen molar-refractivity contribution in [3.63, 3.8) is 0 Å². The molecule has 0 aromatic heterocycles. The zero-order valence-electron chi connectivity index (χ0n) is 9.59. The average Bonchev–Trinajstić information content (AvgIpc) is 2.55. The number of hydrogen-bond donors (Lipinski definition) is 1. The smallest absolute Gasteiger partial charge is 0.171 e. The standard InChI is InChI=1S/C14H18O2/c1-9-8-13-5-3-2-4-12(13)6-7-14(16,10(9)13)11(12)15/h10,16H,1-8H2/t10-,12-,13+,14+/m0/s1. The highest BCUT2D eigenvalue weighted by molar-refractivity contribution is 6.00. The van der Waals surface area contributed by atoms with Crippen LogP contribution in [0.5, 0.6) is 0 Å². The number of ketones is 1. The topological polar surface area (TPSA) is 37.3 Å². The zero-order chi connectivity index (χ0) is 11.2. The zero-order valence-corrected chi connectivity index (χ0v) is 9.59. The maximum atomic E-state index is 12.6. The van der Waals surface area contributed by atoms with Crippen LogP contribution >= 0.6 is 0 Å². The Kier molecular flexibility index (Phi) is 1.36. The van der Waals surface area contributed by atoms with Gasteiger partial charge in [-0.3, -0.25) is 4.79 Å². The van der Waals surface area contributed by atoms with Crippen molar-refractivity contribution in [1.82, 2.24) is 0 Å². The Morgan fingerprint density at radius 3 is 2.69 bits per heavy atom. The molecule has 2 bridgehead atoms. The lowest BCUT2D eigenvalue weighted by Crippen LogP contribution is -2.57. The molecule has 2 nitrogen and oxygen atoms in total. The van der Waals surface area contributed by atoms with Crippen molar-refractivity contribution in [3.05, 3.63) is 12.2 Å². The van der Waals surface area contributed by atoms with Gasteiger partial charge in [0.05, 0.1) is 0 Å². The minimum absolute atomic E-state index is 0.113. The summed E-state index contributed by atoms with van der Waals surface area (Å²) in [6.07, 6.45) is 7.20. The molecule has 4 fully saturated rings. The largest absolute Gasteiger partial charge is 0.381 e. The fourth-order valence-corrected chi connectivity index (χ4v) is 5.73. The summed E-state index contributed by atoms with van der Waals surface area (Å²) in [4.78, 5) is 12.6. The maximum absolute atomic E-state index is 12.6. The van der Waals surface area contributed by atoms with E-state index in [0.717, 1.165) is 31.3 Å². The van der Waals surface area contributed by atoms with E-state index in [0.29, 0.717) is 6.42 Å². The monoisotopic (exact) mass is 218 g/mol. The molecular formula is C14H18O2. The number of fused-ring (bicyclic) bond motifs is 2. The van der Waals surface area contributed by atoms with Crippen molar-refractivity contribution in [2.75, 3.05) is 0 Å². The van der Waals surface area contributed by atoms with Gasteiger partial charge in [0.25, 0.3) is 0 Å². The van der Waals surface area contributed by atoms with Crippen LogP contribution in [0.25, 0.3) is 0 Å². The Labute approximate surface area is 95.7 Å². The Morgan fingerprint density at radius 1 is 1.19 bits per heavy atom. The third-order valence-corrected chi connectivity index (χ3v) is 6.17. The molecule has 0 aromatic rings. The van der Waals surface area contributed by atoms with Gasteiger partial charge in [0, 0.05) is 11.3 Å². The lowest BCUT2D eigenvalue weighted by atomic mass is 9.42. The van der Waals surface area contributed by atoms with E-state index in [-0.39, 0.29) is 22.5 Å². The molecule has 0 heterocycles. The molecular weight excluding hydrogens is 200 g/mol. The first kappa shape index (κ1) is 9.41. The van der Waals surface area contributed by atoms with E-state index in [4.69, 9.17) is 0 Å². The van der Waals surface area contributed by atoms with Gasteiger partial charge in [-0.1, -0.05) is 25.0 Å². The summed E-state index contributed by atoms with van der Waals surface area (Å²) in [5, 5.41) is 10.7. The second-order valence-corrected chi connectivity index (χ2v) is 6.47. The maximum Gasteiger partial charge on any atom is 0.171 e. The van der Waals surface area contributed by atoms with Gasteiger partial charge in [-0.2, -0.15) is 0 Å². The number of carbonyl (C=O) groups is 1. The molecule has 4 rings (SSSR count). The van der Waals surface area contributed by atoms with Gasteiger partial charge in [0.15, 0.2) is 5.78 Å². The molecule has 0 unspecified atom stereocenters. The molecule has 0 saturated heterocycles. The number of carbonyl (C=O) groups excluding carboxylic acids is 1. The average molecular weight is 218 g/mol. The molecule has 0 radical (unpaired) electrons. The first-order valence-electron chi connectivity index (χ1n) is 6.52. The summed E-state index contributed by atoms with van der Waals surface area (Å²) in [5.74, 6) is 0.296. The van der Waals surface area contributed by atoms with E-state index in [1.165, 1.54) is 12.8 Å². The van der Waals surface area contributed by atoms with Crippen LogP contribution in [0.15, 0.2) is 12.2 Å². The molecule has 0 aliphatic heterocycles. The fourth-order valence-electron chi connectivity index (χ4n) is 5.73. The lowest BCUT2D eigenvalue weighted by Gasteiger charge is -2.61. The van der Waals surface area contributed by atoms with E-state index in [1.54, 1.807) is 0 Å². The van der Waals surface area contributed by atoms with Crippen molar-refractivity contribution in [2.45, 2.75) is 50.5 Å². The van der Waals surface area contributed by atoms with Crippen LogP contribution in [0.4, 0.5) is 0 Å². The number of aliphatic hydroxyl groups is 1. The molecule has 16 heavy (non-hydrogen) atoms. The third-order valence-electron chi connectivity index (χ3n) is 6.17. The fraction of sp³-hybridized carbons (Fsp3) is 0.786. The van der Waals surface area contributed by atoms with Gasteiger partial charge in [0.1, 0.15) is 5.60 Å². The Balaban J connectivity index is 1.96. The van der Waals surface area contributed by atoms with Crippen LogP contribution in [0, 0.1) is 16.7 Å². The second kappa shape index (κ2) is 2.31. The van der Waals surface area contributed by atoms with Crippen molar-refractivity contribution in [2.24, 2.45) is 16.7 Å². The molecule has 1 N–H and O–H groups in total. The van der Waals surface area contributed by atoms with Gasteiger partial charge in [-0.15, -0.1) is 0 Å². The van der Waals surface area contributed by atoms with Gasteiger partial charge in [-0.05, 0) is 37.5 Å². The molecule has 2 heteroatoms. The molecule has 4 saturated carbocycles. The minimum Gasteiger partial charge on any atom is -0.381 e. The van der Waals surface area contributed by atoms with Crippen LogP contribution in [-0.2, 0) is 4.79 Å². The number of rotatable bonds is 0. The van der Waals surface area contributed by atoms with Crippen LogP contribution in [0.2, 0.25) is 0 Å². The predicted octanol–water partition coefficient (Wildman–Crippen LogP) is 2.22. The normalized spacial score (nSPS) is 58.2. The van der Waals surface area contributed by atoms with Crippen molar-refractivity contribution in [1.29, 1.82) is 0 Å². The molecule has 2 spiro atoms. The third kappa shape index (κ3) is 0.622.